The molecule has 0 aliphatic carbocycles. The third-order valence-electron chi connectivity index (χ3n) is 3.87. The first-order chi connectivity index (χ1) is 11.5. The zero-order valence-corrected chi connectivity index (χ0v) is 15.9. The van der Waals surface area contributed by atoms with E-state index in [1.165, 1.54) is 6.92 Å². The molecule has 0 radical (unpaired) electrons. The van der Waals surface area contributed by atoms with Gasteiger partial charge in [-0.15, -0.1) is 0 Å². The molecule has 1 atom stereocenters. The van der Waals surface area contributed by atoms with Crippen molar-refractivity contribution in [2.75, 3.05) is 6.54 Å². The standard InChI is InChI=1S/C14H20ClF2N5O2S/c1-8(22-11(4)13(15)10(3)20-22)5-6-18-25(23,24)12-7-21(14(16)17)19-9(12)2/h7-8,14,18H,5-6H2,1-4H3/t8-/m1/s1. The van der Waals surface area contributed by atoms with Gasteiger partial charge in [0.1, 0.15) is 4.90 Å². The fraction of sp³-hybridized carbons (Fsp3) is 0.571. The second-order valence-electron chi connectivity index (χ2n) is 5.80. The van der Waals surface area contributed by atoms with Crippen molar-refractivity contribution in [2.24, 2.45) is 0 Å². The quantitative estimate of drug-likeness (QED) is 0.781. The normalized spacial score (nSPS) is 13.6. The number of aromatic nitrogens is 4. The molecule has 0 spiro atoms. The van der Waals surface area contributed by atoms with Crippen molar-refractivity contribution < 1.29 is 17.2 Å². The van der Waals surface area contributed by atoms with E-state index in [0.29, 0.717) is 21.8 Å². The molecule has 2 aromatic heterocycles. The van der Waals surface area contributed by atoms with E-state index in [2.05, 4.69) is 14.9 Å². The van der Waals surface area contributed by atoms with Crippen LogP contribution in [0.3, 0.4) is 0 Å². The summed E-state index contributed by atoms with van der Waals surface area (Å²) in [6.07, 6.45) is 1.28. The van der Waals surface area contributed by atoms with Crippen LogP contribution in [0.1, 0.15) is 43.0 Å². The minimum absolute atomic E-state index is 0.0196. The third kappa shape index (κ3) is 4.18. The minimum atomic E-state index is -3.92. The average molecular weight is 396 g/mol. The van der Waals surface area contributed by atoms with Gasteiger partial charge in [0, 0.05) is 6.54 Å². The molecular weight excluding hydrogens is 376 g/mol. The second kappa shape index (κ2) is 7.38. The highest BCUT2D eigenvalue weighted by atomic mass is 35.5. The molecular formula is C14H20ClF2N5O2S. The smallest absolute Gasteiger partial charge is 0.265 e. The van der Waals surface area contributed by atoms with Crippen molar-refractivity contribution in [3.63, 3.8) is 0 Å². The Bertz CT molecular complexity index is 863. The van der Waals surface area contributed by atoms with Gasteiger partial charge < -0.3 is 0 Å². The molecule has 2 rings (SSSR count). The van der Waals surface area contributed by atoms with E-state index >= 15 is 0 Å². The topological polar surface area (TPSA) is 81.8 Å². The maximum Gasteiger partial charge on any atom is 0.333 e. The molecule has 0 aromatic carbocycles. The third-order valence-corrected chi connectivity index (χ3v) is 5.98. The Hall–Kier alpha value is -1.52. The number of halogens is 3. The van der Waals surface area contributed by atoms with E-state index < -0.39 is 16.6 Å². The molecule has 140 valence electrons. The van der Waals surface area contributed by atoms with Gasteiger partial charge in [-0.1, -0.05) is 11.6 Å². The summed E-state index contributed by atoms with van der Waals surface area (Å²) >= 11 is 6.11. The van der Waals surface area contributed by atoms with Crippen LogP contribution in [0.5, 0.6) is 0 Å². The van der Waals surface area contributed by atoms with Crippen LogP contribution in [0.4, 0.5) is 8.78 Å². The van der Waals surface area contributed by atoms with Gasteiger partial charge in [-0.3, -0.25) is 4.68 Å². The summed E-state index contributed by atoms with van der Waals surface area (Å²) in [7, 11) is -3.92. The lowest BCUT2D eigenvalue weighted by Gasteiger charge is -2.14. The molecule has 0 bridgehead atoms. The van der Waals surface area contributed by atoms with Crippen LogP contribution in [0, 0.1) is 20.8 Å². The molecule has 1 N–H and O–H groups in total. The molecule has 11 heteroatoms. The number of hydrogen-bond acceptors (Lipinski definition) is 4. The van der Waals surface area contributed by atoms with E-state index in [0.717, 1.165) is 11.9 Å². The van der Waals surface area contributed by atoms with E-state index in [1.807, 2.05) is 13.8 Å². The molecule has 0 fully saturated rings. The summed E-state index contributed by atoms with van der Waals surface area (Å²) in [6, 6.07) is -0.0845. The van der Waals surface area contributed by atoms with E-state index in [4.69, 9.17) is 11.6 Å². The molecule has 25 heavy (non-hydrogen) atoms. The molecule has 0 unspecified atom stereocenters. The number of aryl methyl sites for hydroxylation is 2. The fourth-order valence-electron chi connectivity index (χ4n) is 2.50. The zero-order chi connectivity index (χ0) is 18.9. The number of sulfonamides is 1. The SMILES string of the molecule is Cc1nn(C(F)F)cc1S(=O)(=O)NCC[C@@H](C)n1nc(C)c(Cl)c1C. The summed E-state index contributed by atoms with van der Waals surface area (Å²) in [6.45, 7) is 4.13. The van der Waals surface area contributed by atoms with Crippen molar-refractivity contribution in [2.45, 2.75) is 51.6 Å². The van der Waals surface area contributed by atoms with E-state index in [-0.39, 0.29) is 23.2 Å². The summed E-state index contributed by atoms with van der Waals surface area (Å²) in [5, 5.41) is 8.43. The Morgan fingerprint density at radius 1 is 1.24 bits per heavy atom. The predicted molar refractivity (Wildman–Crippen MR) is 89.4 cm³/mol. The molecule has 7 nitrogen and oxygen atoms in total. The Labute approximate surface area is 150 Å². The zero-order valence-electron chi connectivity index (χ0n) is 14.3. The molecule has 0 aliphatic rings. The lowest BCUT2D eigenvalue weighted by atomic mass is 10.2. The molecule has 0 saturated carbocycles. The second-order valence-corrected chi connectivity index (χ2v) is 7.91. The van der Waals surface area contributed by atoms with Gasteiger partial charge in [0.25, 0.3) is 0 Å². The highest BCUT2D eigenvalue weighted by molar-refractivity contribution is 7.89. The highest BCUT2D eigenvalue weighted by Gasteiger charge is 2.23. The van der Waals surface area contributed by atoms with Crippen LogP contribution in [0.2, 0.25) is 5.02 Å². The molecule has 2 aromatic rings. The highest BCUT2D eigenvalue weighted by Crippen LogP contribution is 2.23. The summed E-state index contributed by atoms with van der Waals surface area (Å²) in [5.74, 6) is 0. The number of nitrogens with one attached hydrogen (secondary N) is 1. The van der Waals surface area contributed by atoms with Crippen LogP contribution in [-0.2, 0) is 10.0 Å². The van der Waals surface area contributed by atoms with Gasteiger partial charge >= 0.3 is 6.55 Å². The number of rotatable bonds is 7. The van der Waals surface area contributed by atoms with Crippen LogP contribution < -0.4 is 4.72 Å². The van der Waals surface area contributed by atoms with Crippen molar-refractivity contribution in [1.29, 1.82) is 0 Å². The van der Waals surface area contributed by atoms with Gasteiger partial charge in [-0.05, 0) is 34.1 Å². The largest absolute Gasteiger partial charge is 0.333 e. The summed E-state index contributed by atoms with van der Waals surface area (Å²) < 4.78 is 54.3. The minimum Gasteiger partial charge on any atom is -0.265 e. The van der Waals surface area contributed by atoms with Gasteiger partial charge in [0.2, 0.25) is 10.0 Å². The van der Waals surface area contributed by atoms with Gasteiger partial charge in [-0.25, -0.2) is 17.8 Å². The van der Waals surface area contributed by atoms with Crippen molar-refractivity contribution in [3.8, 4) is 0 Å². The predicted octanol–water partition coefficient (Wildman–Crippen LogP) is 2.98. The summed E-state index contributed by atoms with van der Waals surface area (Å²) in [5.41, 5.74) is 1.54. The maximum atomic E-state index is 12.6. The Morgan fingerprint density at radius 2 is 1.88 bits per heavy atom. The van der Waals surface area contributed by atoms with Crippen LogP contribution in [0.25, 0.3) is 0 Å². The van der Waals surface area contributed by atoms with Gasteiger partial charge in [-0.2, -0.15) is 19.0 Å². The molecule has 0 amide bonds. The molecule has 0 aliphatic heterocycles. The first-order valence-corrected chi connectivity index (χ1v) is 9.45. The lowest BCUT2D eigenvalue weighted by Crippen LogP contribution is -2.27. The Morgan fingerprint density at radius 3 is 2.36 bits per heavy atom. The number of alkyl halides is 2. The maximum absolute atomic E-state index is 12.6. The Balaban J connectivity index is 2.04. The molecule has 0 saturated heterocycles. The van der Waals surface area contributed by atoms with Crippen LogP contribution in [0.15, 0.2) is 11.1 Å². The summed E-state index contributed by atoms with van der Waals surface area (Å²) in [4.78, 5) is -0.255. The lowest BCUT2D eigenvalue weighted by molar-refractivity contribution is 0.0561. The van der Waals surface area contributed by atoms with Crippen LogP contribution >= 0.6 is 11.6 Å². The van der Waals surface area contributed by atoms with Crippen molar-refractivity contribution in [3.05, 3.63) is 28.3 Å². The monoisotopic (exact) mass is 395 g/mol. The Kier molecular flexibility index (Phi) is 5.85. The number of nitrogens with zero attached hydrogens (tertiary/aromatic N) is 4. The average Bonchev–Trinajstić information content (AvgIpc) is 3.03. The van der Waals surface area contributed by atoms with Crippen LogP contribution in [-0.4, -0.2) is 34.5 Å². The molecule has 2 heterocycles. The first-order valence-electron chi connectivity index (χ1n) is 7.59. The van der Waals surface area contributed by atoms with Gasteiger partial charge in [0.05, 0.1) is 34.3 Å². The fourth-order valence-corrected chi connectivity index (χ4v) is 3.85. The van der Waals surface area contributed by atoms with Gasteiger partial charge in [0.15, 0.2) is 0 Å². The first kappa shape index (κ1) is 19.8. The van der Waals surface area contributed by atoms with E-state index in [1.54, 1.807) is 11.6 Å². The van der Waals surface area contributed by atoms with E-state index in [9.17, 15) is 17.2 Å². The van der Waals surface area contributed by atoms with Crippen molar-refractivity contribution >= 4 is 21.6 Å². The number of hydrogen-bond donors (Lipinski definition) is 1. The van der Waals surface area contributed by atoms with Crippen molar-refractivity contribution in [1.82, 2.24) is 24.3 Å².